The van der Waals surface area contributed by atoms with E-state index in [1.54, 1.807) is 0 Å². The second-order valence-electron chi connectivity index (χ2n) is 5.92. The van der Waals surface area contributed by atoms with Crippen LogP contribution in [0.15, 0.2) is 0 Å². The first-order valence-electron chi connectivity index (χ1n) is 6.28. The Morgan fingerprint density at radius 3 is 1.74 bits per heavy atom. The lowest BCUT2D eigenvalue weighted by Gasteiger charge is -2.16. The lowest BCUT2D eigenvalue weighted by atomic mass is 9.88. The van der Waals surface area contributed by atoms with Gasteiger partial charge in [0.1, 0.15) is 0 Å². The fourth-order valence-corrected chi connectivity index (χ4v) is 3.06. The Balaban J connectivity index is 2.75. The Kier molecular flexibility index (Phi) is 5.04. The van der Waals surface area contributed by atoms with Crippen molar-refractivity contribution in [2.75, 3.05) is 0 Å². The number of hydrogen-bond donors (Lipinski definition) is 0. The highest BCUT2D eigenvalue weighted by Crippen LogP contribution is 2.47. The molecule has 0 N–H and O–H groups in total. The predicted octanol–water partition coefficient (Wildman–Crippen LogP) is 1.56. The molecule has 0 aromatic heterocycles. The molecule has 1 aliphatic carbocycles. The molecule has 0 amide bonds. The second-order valence-corrected chi connectivity index (χ2v) is 5.92. The fourth-order valence-electron chi connectivity index (χ4n) is 3.06. The van der Waals surface area contributed by atoms with Crippen molar-refractivity contribution in [1.82, 2.24) is 0 Å². The van der Waals surface area contributed by atoms with Crippen LogP contribution in [0.4, 0.5) is 0 Å². The standard InChI is InChI=1S/C13H18N4O2/c1-13(2)5-9(3-11(18)7-16-14)10(6-13)4-12(19)8-17-15/h7-10H,3-6H2,1-2H3/t9-,10+. The van der Waals surface area contributed by atoms with Crippen LogP contribution in [0.2, 0.25) is 0 Å². The van der Waals surface area contributed by atoms with E-state index >= 15 is 0 Å². The Hall–Kier alpha value is -1.90. The zero-order valence-corrected chi connectivity index (χ0v) is 11.2. The first kappa shape index (κ1) is 15.2. The van der Waals surface area contributed by atoms with E-state index in [1.807, 2.05) is 0 Å². The van der Waals surface area contributed by atoms with Gasteiger partial charge in [0.05, 0.1) is 0 Å². The molecule has 0 heterocycles. The molecule has 6 heteroatoms. The fraction of sp³-hybridized carbons (Fsp3) is 0.692. The molecule has 102 valence electrons. The van der Waals surface area contributed by atoms with Gasteiger partial charge >= 0.3 is 12.4 Å². The van der Waals surface area contributed by atoms with Crippen LogP contribution in [0, 0.1) is 17.3 Å². The highest BCUT2D eigenvalue weighted by molar-refractivity contribution is 6.25. The number of hydrogen-bond acceptors (Lipinski definition) is 2. The third-order valence-electron chi connectivity index (χ3n) is 3.63. The van der Waals surface area contributed by atoms with Gasteiger partial charge in [-0.1, -0.05) is 13.8 Å². The van der Waals surface area contributed by atoms with E-state index in [1.165, 1.54) is 0 Å². The van der Waals surface area contributed by atoms with Crippen molar-refractivity contribution in [2.24, 2.45) is 17.3 Å². The molecule has 6 nitrogen and oxygen atoms in total. The summed E-state index contributed by atoms with van der Waals surface area (Å²) in [5, 5.41) is 0. The van der Waals surface area contributed by atoms with E-state index in [0.29, 0.717) is 0 Å². The lowest BCUT2D eigenvalue weighted by molar-refractivity contribution is -0.119. The molecule has 1 fully saturated rings. The first-order chi connectivity index (χ1) is 8.88. The van der Waals surface area contributed by atoms with Crippen LogP contribution in [0.3, 0.4) is 0 Å². The van der Waals surface area contributed by atoms with Gasteiger partial charge in [0, 0.05) is 12.8 Å². The summed E-state index contributed by atoms with van der Waals surface area (Å²) in [6.07, 6.45) is 4.07. The zero-order chi connectivity index (χ0) is 14.5. The van der Waals surface area contributed by atoms with E-state index in [-0.39, 0.29) is 41.7 Å². The normalized spacial score (nSPS) is 24.1. The summed E-state index contributed by atoms with van der Waals surface area (Å²) in [5.74, 6) is -0.287. The summed E-state index contributed by atoms with van der Waals surface area (Å²) in [6, 6.07) is 0. The number of carbonyl (C=O) groups is 2. The van der Waals surface area contributed by atoms with Gasteiger partial charge < -0.3 is 11.1 Å². The lowest BCUT2D eigenvalue weighted by Crippen LogP contribution is -2.17. The predicted molar refractivity (Wildman–Crippen MR) is 68.6 cm³/mol. The number of rotatable bonds is 6. The Morgan fingerprint density at radius 2 is 1.42 bits per heavy atom. The molecule has 0 saturated heterocycles. The Morgan fingerprint density at radius 1 is 1.05 bits per heavy atom. The summed E-state index contributed by atoms with van der Waals surface area (Å²) >= 11 is 0. The summed E-state index contributed by atoms with van der Waals surface area (Å²) < 4.78 is 0. The van der Waals surface area contributed by atoms with Crippen molar-refractivity contribution in [3.05, 3.63) is 11.1 Å². The number of ketones is 2. The monoisotopic (exact) mass is 262 g/mol. The van der Waals surface area contributed by atoms with Gasteiger partial charge in [-0.2, -0.15) is 9.58 Å². The molecule has 1 rings (SSSR count). The molecular weight excluding hydrogens is 244 g/mol. The number of carbonyl (C=O) groups excluding carboxylic acids is 2. The van der Waals surface area contributed by atoms with Gasteiger partial charge in [-0.3, -0.25) is 9.59 Å². The van der Waals surface area contributed by atoms with Gasteiger partial charge in [-0.15, -0.1) is 0 Å². The van der Waals surface area contributed by atoms with E-state index in [0.717, 1.165) is 25.3 Å². The zero-order valence-electron chi connectivity index (χ0n) is 11.2. The van der Waals surface area contributed by atoms with E-state index < -0.39 is 0 Å². The minimum Gasteiger partial charge on any atom is -0.361 e. The van der Waals surface area contributed by atoms with Gasteiger partial charge in [-0.25, -0.2) is 0 Å². The third-order valence-corrected chi connectivity index (χ3v) is 3.63. The molecule has 2 atom stereocenters. The van der Waals surface area contributed by atoms with Crippen molar-refractivity contribution in [3.8, 4) is 0 Å². The van der Waals surface area contributed by atoms with Crippen molar-refractivity contribution in [2.45, 2.75) is 39.5 Å². The molecule has 0 spiro atoms. The van der Waals surface area contributed by atoms with Gasteiger partial charge in [0.25, 0.3) is 0 Å². The summed E-state index contributed by atoms with van der Waals surface area (Å²) in [6.45, 7) is 4.21. The van der Waals surface area contributed by atoms with Gasteiger partial charge in [-0.05, 0) is 30.1 Å². The van der Waals surface area contributed by atoms with Crippen LogP contribution in [0.1, 0.15) is 39.5 Å². The van der Waals surface area contributed by atoms with E-state index in [4.69, 9.17) is 11.1 Å². The molecule has 0 aromatic rings. The number of Topliss-reactive ketones (excluding diaryl/α,β-unsaturated/α-hetero) is 2. The minimum absolute atomic E-state index is 0.0859. The maximum absolute atomic E-state index is 11.5. The SMILES string of the molecule is CC1(C)C[C@@H](CC(=O)C=[N+]=[N-])[C@@H](CC(=O)C=[N+]=[N-])C1. The van der Waals surface area contributed by atoms with Crippen LogP contribution in [-0.2, 0) is 9.59 Å². The van der Waals surface area contributed by atoms with Crippen LogP contribution in [0.5, 0.6) is 0 Å². The van der Waals surface area contributed by atoms with Gasteiger partial charge in [0.15, 0.2) is 0 Å². The molecule has 0 radical (unpaired) electrons. The summed E-state index contributed by atoms with van der Waals surface area (Å²) in [7, 11) is 0. The van der Waals surface area contributed by atoms with Crippen LogP contribution in [-0.4, -0.2) is 33.6 Å². The maximum Gasteiger partial charge on any atom is 0.323 e. The topological polar surface area (TPSA) is 107 Å². The quantitative estimate of drug-likeness (QED) is 0.411. The second kappa shape index (κ2) is 6.32. The molecule has 0 bridgehead atoms. The molecule has 19 heavy (non-hydrogen) atoms. The smallest absolute Gasteiger partial charge is 0.323 e. The minimum atomic E-state index is -0.238. The molecule has 0 aliphatic heterocycles. The van der Waals surface area contributed by atoms with Crippen molar-refractivity contribution >= 4 is 24.0 Å². The van der Waals surface area contributed by atoms with Crippen molar-refractivity contribution in [3.63, 3.8) is 0 Å². The molecule has 1 aliphatic rings. The first-order valence-corrected chi connectivity index (χ1v) is 6.28. The Bertz CT molecular complexity index is 429. The van der Waals surface area contributed by atoms with Crippen LogP contribution < -0.4 is 0 Å². The molecule has 0 unspecified atom stereocenters. The van der Waals surface area contributed by atoms with Gasteiger partial charge in [0.2, 0.25) is 11.6 Å². The molecular formula is C13H18N4O2. The highest BCUT2D eigenvalue weighted by Gasteiger charge is 2.40. The Labute approximate surface area is 112 Å². The molecule has 0 aromatic carbocycles. The van der Waals surface area contributed by atoms with Crippen LogP contribution in [0.25, 0.3) is 11.1 Å². The van der Waals surface area contributed by atoms with E-state index in [9.17, 15) is 9.59 Å². The van der Waals surface area contributed by atoms with Crippen molar-refractivity contribution in [1.29, 1.82) is 0 Å². The largest absolute Gasteiger partial charge is 0.361 e. The summed E-state index contributed by atoms with van der Waals surface area (Å²) in [4.78, 5) is 28.5. The average Bonchev–Trinajstić information content (AvgIpc) is 2.53. The number of nitrogens with zero attached hydrogens (tertiary/aromatic N) is 4. The highest BCUT2D eigenvalue weighted by atomic mass is 16.1. The average molecular weight is 262 g/mol. The maximum atomic E-state index is 11.5. The van der Waals surface area contributed by atoms with Crippen molar-refractivity contribution < 1.29 is 19.2 Å². The molecule has 1 saturated carbocycles. The summed E-state index contributed by atoms with van der Waals surface area (Å²) in [5.41, 5.74) is 16.8. The van der Waals surface area contributed by atoms with E-state index in [2.05, 4.69) is 23.4 Å². The third kappa shape index (κ3) is 4.70. The van der Waals surface area contributed by atoms with Crippen LogP contribution >= 0.6 is 0 Å².